The molecule has 0 radical (unpaired) electrons. The van der Waals surface area contributed by atoms with Gasteiger partial charge in [-0.15, -0.1) is 0 Å². The van der Waals surface area contributed by atoms with Crippen LogP contribution in [0.4, 0.5) is 5.69 Å². The standard InChI is InChI=1S/C14H15ClN2O/c15-14-11(5-4-6-12(14)10-17-18)9-16-13-7-2-1-3-8-13/h1-3,7-10,17-18H,4-6H2. The van der Waals surface area contributed by atoms with Crippen LogP contribution in [-0.2, 0) is 0 Å². The Morgan fingerprint density at radius 3 is 2.72 bits per heavy atom. The number of halogens is 1. The second-order valence-electron chi connectivity index (χ2n) is 4.09. The van der Waals surface area contributed by atoms with Crippen molar-refractivity contribution >= 4 is 23.5 Å². The molecule has 1 aromatic carbocycles. The van der Waals surface area contributed by atoms with Gasteiger partial charge in [0, 0.05) is 12.4 Å². The Balaban J connectivity index is 2.20. The average molecular weight is 263 g/mol. The number of allylic oxidation sites excluding steroid dienone is 3. The van der Waals surface area contributed by atoms with Gasteiger partial charge >= 0.3 is 0 Å². The summed E-state index contributed by atoms with van der Waals surface area (Å²) in [6, 6.07) is 9.74. The lowest BCUT2D eigenvalue weighted by molar-refractivity contribution is 0.213. The Hall–Kier alpha value is -1.58. The lowest BCUT2D eigenvalue weighted by Gasteiger charge is -2.16. The number of aliphatic imine (C=N–C) groups is 1. The first-order chi connectivity index (χ1) is 8.81. The van der Waals surface area contributed by atoms with E-state index in [1.807, 2.05) is 42.0 Å². The van der Waals surface area contributed by atoms with Gasteiger partial charge in [-0.3, -0.25) is 15.7 Å². The minimum atomic E-state index is 0.683. The summed E-state index contributed by atoms with van der Waals surface area (Å²) in [5, 5.41) is 9.37. The van der Waals surface area contributed by atoms with Gasteiger partial charge in [0.25, 0.3) is 0 Å². The van der Waals surface area contributed by atoms with Gasteiger partial charge in [0.15, 0.2) is 0 Å². The molecule has 2 N–H and O–H groups in total. The molecule has 0 bridgehead atoms. The second-order valence-corrected chi connectivity index (χ2v) is 4.46. The summed E-state index contributed by atoms with van der Waals surface area (Å²) in [6.07, 6.45) is 6.13. The maximum absolute atomic E-state index is 8.69. The van der Waals surface area contributed by atoms with Crippen molar-refractivity contribution in [2.24, 2.45) is 4.99 Å². The topological polar surface area (TPSA) is 44.6 Å². The molecule has 4 heteroatoms. The first-order valence-corrected chi connectivity index (χ1v) is 6.26. The number of hydroxylamine groups is 1. The second kappa shape index (κ2) is 6.38. The molecule has 0 saturated carbocycles. The zero-order valence-electron chi connectivity index (χ0n) is 9.94. The summed E-state index contributed by atoms with van der Waals surface area (Å²) in [7, 11) is 0. The fourth-order valence-corrected chi connectivity index (χ4v) is 2.19. The first-order valence-electron chi connectivity index (χ1n) is 5.88. The van der Waals surface area contributed by atoms with E-state index < -0.39 is 0 Å². The van der Waals surface area contributed by atoms with Gasteiger partial charge in [-0.05, 0) is 42.5 Å². The van der Waals surface area contributed by atoms with E-state index in [0.717, 1.165) is 36.1 Å². The highest BCUT2D eigenvalue weighted by Crippen LogP contribution is 2.31. The number of rotatable bonds is 3. The fourth-order valence-electron chi connectivity index (χ4n) is 1.90. The van der Waals surface area contributed by atoms with Crippen LogP contribution >= 0.6 is 11.6 Å². The molecule has 0 spiro atoms. The summed E-state index contributed by atoms with van der Waals surface area (Å²) in [5.41, 5.74) is 4.87. The van der Waals surface area contributed by atoms with Gasteiger partial charge < -0.3 is 0 Å². The average Bonchev–Trinajstić information content (AvgIpc) is 2.41. The molecule has 1 aromatic rings. The van der Waals surface area contributed by atoms with Crippen LogP contribution in [-0.4, -0.2) is 11.4 Å². The normalized spacial score (nSPS) is 18.7. The molecule has 0 fully saturated rings. The molecule has 0 aromatic heterocycles. The Morgan fingerprint density at radius 2 is 2.00 bits per heavy atom. The van der Waals surface area contributed by atoms with E-state index in [2.05, 4.69) is 4.99 Å². The molecule has 0 amide bonds. The molecule has 1 aliphatic rings. The summed E-state index contributed by atoms with van der Waals surface area (Å²) in [6.45, 7) is 0. The van der Waals surface area contributed by atoms with Crippen LogP contribution in [0.1, 0.15) is 19.3 Å². The third-order valence-electron chi connectivity index (χ3n) is 2.82. The minimum Gasteiger partial charge on any atom is -0.292 e. The molecule has 18 heavy (non-hydrogen) atoms. The van der Waals surface area contributed by atoms with E-state index in [9.17, 15) is 0 Å². The molecular weight excluding hydrogens is 248 g/mol. The van der Waals surface area contributed by atoms with E-state index in [-0.39, 0.29) is 0 Å². The Kier molecular flexibility index (Phi) is 4.56. The van der Waals surface area contributed by atoms with Gasteiger partial charge in [-0.25, -0.2) is 0 Å². The summed E-state index contributed by atoms with van der Waals surface area (Å²) < 4.78 is 0. The zero-order valence-corrected chi connectivity index (χ0v) is 10.7. The van der Waals surface area contributed by atoms with Crippen LogP contribution in [0, 0.1) is 0 Å². The summed E-state index contributed by atoms with van der Waals surface area (Å²) in [5.74, 6) is 0. The predicted octanol–water partition coefficient (Wildman–Crippen LogP) is 3.93. The molecular formula is C14H15ClN2O. The smallest absolute Gasteiger partial charge is 0.0629 e. The highest BCUT2D eigenvalue weighted by Gasteiger charge is 2.14. The van der Waals surface area contributed by atoms with Crippen molar-refractivity contribution in [2.45, 2.75) is 19.3 Å². The fraction of sp³-hybridized carbons (Fsp3) is 0.214. The quantitative estimate of drug-likeness (QED) is 0.640. The van der Waals surface area contributed by atoms with Gasteiger partial charge in [-0.1, -0.05) is 29.8 Å². The van der Waals surface area contributed by atoms with Crippen molar-refractivity contribution in [2.75, 3.05) is 0 Å². The number of hydrogen-bond donors (Lipinski definition) is 2. The Bertz CT molecular complexity index is 492. The van der Waals surface area contributed by atoms with Crippen molar-refractivity contribution in [1.29, 1.82) is 0 Å². The molecule has 0 saturated heterocycles. The molecule has 94 valence electrons. The van der Waals surface area contributed by atoms with E-state index in [1.54, 1.807) is 0 Å². The van der Waals surface area contributed by atoms with Crippen LogP contribution in [0.2, 0.25) is 0 Å². The van der Waals surface area contributed by atoms with Crippen molar-refractivity contribution < 1.29 is 5.21 Å². The van der Waals surface area contributed by atoms with Crippen LogP contribution in [0.15, 0.2) is 57.7 Å². The molecule has 0 atom stereocenters. The SMILES string of the molecule is ONC=C1CCCC(C=Nc2ccccc2)=C1Cl. The number of nitrogens with zero attached hydrogens (tertiary/aromatic N) is 1. The van der Waals surface area contributed by atoms with Gasteiger partial charge in [0.2, 0.25) is 0 Å². The van der Waals surface area contributed by atoms with Crippen LogP contribution in [0.25, 0.3) is 0 Å². The van der Waals surface area contributed by atoms with Crippen molar-refractivity contribution in [3.05, 3.63) is 52.7 Å². The van der Waals surface area contributed by atoms with E-state index in [0.29, 0.717) is 5.03 Å². The minimum absolute atomic E-state index is 0.683. The molecule has 3 nitrogen and oxygen atoms in total. The molecule has 0 heterocycles. The molecule has 2 rings (SSSR count). The molecule has 0 aliphatic heterocycles. The van der Waals surface area contributed by atoms with Gasteiger partial charge in [-0.2, -0.15) is 0 Å². The lowest BCUT2D eigenvalue weighted by atomic mass is 9.96. The van der Waals surface area contributed by atoms with Crippen molar-refractivity contribution in [3.63, 3.8) is 0 Å². The molecule has 0 unspecified atom stereocenters. The van der Waals surface area contributed by atoms with E-state index in [4.69, 9.17) is 16.8 Å². The third kappa shape index (κ3) is 3.22. The van der Waals surface area contributed by atoms with Crippen LogP contribution in [0.5, 0.6) is 0 Å². The van der Waals surface area contributed by atoms with Crippen molar-refractivity contribution in [3.8, 4) is 0 Å². The highest BCUT2D eigenvalue weighted by molar-refractivity contribution is 6.33. The maximum atomic E-state index is 8.69. The number of hydrogen-bond acceptors (Lipinski definition) is 3. The monoisotopic (exact) mass is 262 g/mol. The van der Waals surface area contributed by atoms with Gasteiger partial charge in [0.1, 0.15) is 0 Å². The van der Waals surface area contributed by atoms with Crippen LogP contribution < -0.4 is 5.48 Å². The summed E-state index contributed by atoms with van der Waals surface area (Å²) in [4.78, 5) is 4.40. The van der Waals surface area contributed by atoms with E-state index in [1.165, 1.54) is 6.20 Å². The Labute approximate surface area is 111 Å². The zero-order chi connectivity index (χ0) is 12.8. The third-order valence-corrected chi connectivity index (χ3v) is 3.31. The predicted molar refractivity (Wildman–Crippen MR) is 74.3 cm³/mol. The largest absolute Gasteiger partial charge is 0.292 e. The van der Waals surface area contributed by atoms with Crippen LogP contribution in [0.3, 0.4) is 0 Å². The summed E-state index contributed by atoms with van der Waals surface area (Å²) >= 11 is 6.26. The number of nitrogens with one attached hydrogen (secondary N) is 1. The Morgan fingerprint density at radius 1 is 1.22 bits per heavy atom. The van der Waals surface area contributed by atoms with Crippen molar-refractivity contribution in [1.82, 2.24) is 5.48 Å². The first kappa shape index (κ1) is 12.9. The van der Waals surface area contributed by atoms with Gasteiger partial charge in [0.05, 0.1) is 10.7 Å². The lowest BCUT2D eigenvalue weighted by Crippen LogP contribution is -2.04. The number of para-hydroxylation sites is 1. The number of benzene rings is 1. The highest BCUT2D eigenvalue weighted by atomic mass is 35.5. The molecule has 1 aliphatic carbocycles. The maximum Gasteiger partial charge on any atom is 0.0629 e. The van der Waals surface area contributed by atoms with E-state index >= 15 is 0 Å².